The van der Waals surface area contributed by atoms with E-state index in [2.05, 4.69) is 25.9 Å². The second-order valence-corrected chi connectivity index (χ2v) is 4.85. The van der Waals surface area contributed by atoms with E-state index in [1.54, 1.807) is 31.6 Å². The average molecular weight is 320 g/mol. The SMILES string of the molecule is COc1cnccc1-c1nc2cc(Br)cc(N)c2o1. The first kappa shape index (κ1) is 12.0. The molecule has 0 aliphatic heterocycles. The summed E-state index contributed by atoms with van der Waals surface area (Å²) in [6, 6.07) is 5.42. The van der Waals surface area contributed by atoms with Crippen LogP contribution in [0.5, 0.6) is 5.75 Å². The molecule has 0 atom stereocenters. The maximum atomic E-state index is 5.91. The van der Waals surface area contributed by atoms with E-state index >= 15 is 0 Å². The molecule has 0 saturated carbocycles. The van der Waals surface area contributed by atoms with Crippen molar-refractivity contribution in [1.82, 2.24) is 9.97 Å². The predicted octanol–water partition coefficient (Wildman–Crippen LogP) is 3.24. The molecule has 5 nitrogen and oxygen atoms in total. The van der Waals surface area contributed by atoms with Crippen LogP contribution in [0.25, 0.3) is 22.6 Å². The number of halogens is 1. The third kappa shape index (κ3) is 2.04. The average Bonchev–Trinajstić information content (AvgIpc) is 2.82. The van der Waals surface area contributed by atoms with E-state index in [1.807, 2.05) is 6.07 Å². The number of fused-ring (bicyclic) bond motifs is 1. The van der Waals surface area contributed by atoms with Crippen LogP contribution in [-0.4, -0.2) is 17.1 Å². The molecule has 0 unspecified atom stereocenters. The summed E-state index contributed by atoms with van der Waals surface area (Å²) in [6.07, 6.45) is 3.27. The van der Waals surface area contributed by atoms with Gasteiger partial charge in [-0.25, -0.2) is 4.98 Å². The number of anilines is 1. The number of oxazole rings is 1. The standard InChI is InChI=1S/C13H10BrN3O2/c1-18-11-6-16-3-2-8(11)13-17-10-5-7(14)4-9(15)12(10)19-13/h2-6H,15H2,1H3. The van der Waals surface area contributed by atoms with Gasteiger partial charge in [0, 0.05) is 10.7 Å². The summed E-state index contributed by atoms with van der Waals surface area (Å²) >= 11 is 3.38. The Labute approximate surface area is 117 Å². The Morgan fingerprint density at radius 1 is 1.37 bits per heavy atom. The molecular formula is C13H10BrN3O2. The van der Waals surface area contributed by atoms with E-state index in [9.17, 15) is 0 Å². The smallest absolute Gasteiger partial charge is 0.231 e. The van der Waals surface area contributed by atoms with Gasteiger partial charge in [-0.05, 0) is 18.2 Å². The highest BCUT2D eigenvalue weighted by Gasteiger charge is 2.14. The number of ether oxygens (including phenoxy) is 1. The largest absolute Gasteiger partial charge is 0.494 e. The lowest BCUT2D eigenvalue weighted by Gasteiger charge is -2.02. The van der Waals surface area contributed by atoms with Gasteiger partial charge in [0.1, 0.15) is 11.3 Å². The summed E-state index contributed by atoms with van der Waals surface area (Å²) in [4.78, 5) is 8.43. The number of nitrogens with zero attached hydrogens (tertiary/aromatic N) is 2. The van der Waals surface area contributed by atoms with Gasteiger partial charge in [-0.3, -0.25) is 4.98 Å². The summed E-state index contributed by atoms with van der Waals surface area (Å²) in [5.74, 6) is 1.06. The van der Waals surface area contributed by atoms with Gasteiger partial charge >= 0.3 is 0 Å². The first-order valence-corrected chi connectivity index (χ1v) is 6.32. The summed E-state index contributed by atoms with van der Waals surface area (Å²) in [6.45, 7) is 0. The van der Waals surface area contributed by atoms with Crippen molar-refractivity contribution in [2.45, 2.75) is 0 Å². The molecule has 2 aromatic heterocycles. The Bertz CT molecular complexity index is 755. The Morgan fingerprint density at radius 2 is 2.21 bits per heavy atom. The van der Waals surface area contributed by atoms with Gasteiger partial charge in [-0.15, -0.1) is 0 Å². The molecule has 6 heteroatoms. The minimum atomic E-state index is 0.457. The monoisotopic (exact) mass is 319 g/mol. The van der Waals surface area contributed by atoms with Crippen molar-refractivity contribution in [2.24, 2.45) is 0 Å². The van der Waals surface area contributed by atoms with Gasteiger partial charge in [0.05, 0.1) is 24.6 Å². The quantitative estimate of drug-likeness (QED) is 0.734. The summed E-state index contributed by atoms with van der Waals surface area (Å²) in [5, 5.41) is 0. The first-order valence-electron chi connectivity index (χ1n) is 5.53. The lowest BCUT2D eigenvalue weighted by molar-refractivity contribution is 0.413. The van der Waals surface area contributed by atoms with E-state index in [1.165, 1.54) is 0 Å². The maximum absolute atomic E-state index is 5.91. The molecule has 0 saturated heterocycles. The fourth-order valence-corrected chi connectivity index (χ4v) is 2.32. The van der Waals surface area contributed by atoms with E-state index in [4.69, 9.17) is 14.9 Å². The molecule has 0 aliphatic rings. The van der Waals surface area contributed by atoms with Crippen LogP contribution >= 0.6 is 15.9 Å². The minimum Gasteiger partial charge on any atom is -0.494 e. The highest BCUT2D eigenvalue weighted by Crippen LogP contribution is 2.33. The van der Waals surface area contributed by atoms with Gasteiger partial charge in [-0.1, -0.05) is 15.9 Å². The second-order valence-electron chi connectivity index (χ2n) is 3.94. The molecule has 96 valence electrons. The van der Waals surface area contributed by atoms with Crippen molar-refractivity contribution in [2.75, 3.05) is 12.8 Å². The van der Waals surface area contributed by atoms with Gasteiger partial charge in [0.15, 0.2) is 5.58 Å². The van der Waals surface area contributed by atoms with Crippen molar-refractivity contribution in [3.63, 3.8) is 0 Å². The Morgan fingerprint density at radius 3 is 3.00 bits per heavy atom. The molecule has 0 aliphatic carbocycles. The van der Waals surface area contributed by atoms with E-state index in [0.717, 1.165) is 10.0 Å². The summed E-state index contributed by atoms with van der Waals surface area (Å²) in [5.41, 5.74) is 8.45. The van der Waals surface area contributed by atoms with Gasteiger partial charge in [-0.2, -0.15) is 0 Å². The number of hydrogen-bond donors (Lipinski definition) is 1. The molecule has 0 radical (unpaired) electrons. The van der Waals surface area contributed by atoms with E-state index in [0.29, 0.717) is 28.4 Å². The van der Waals surface area contributed by atoms with Crippen LogP contribution < -0.4 is 10.5 Å². The number of nitrogens with two attached hydrogens (primary N) is 1. The molecule has 3 aromatic rings. The van der Waals surface area contributed by atoms with Crippen molar-refractivity contribution >= 4 is 32.7 Å². The fraction of sp³-hybridized carbons (Fsp3) is 0.0769. The summed E-state index contributed by atoms with van der Waals surface area (Å²) in [7, 11) is 1.58. The zero-order valence-electron chi connectivity index (χ0n) is 10.1. The van der Waals surface area contributed by atoms with Crippen LogP contribution in [0.4, 0.5) is 5.69 Å². The zero-order valence-corrected chi connectivity index (χ0v) is 11.6. The maximum Gasteiger partial charge on any atom is 0.231 e. The molecule has 19 heavy (non-hydrogen) atoms. The minimum absolute atomic E-state index is 0.457. The molecule has 1 aromatic carbocycles. The number of nitrogen functional groups attached to an aromatic ring is 1. The number of methoxy groups -OCH3 is 1. The zero-order chi connectivity index (χ0) is 13.4. The molecule has 2 N–H and O–H groups in total. The summed E-state index contributed by atoms with van der Waals surface area (Å²) < 4.78 is 11.8. The van der Waals surface area contributed by atoms with Crippen molar-refractivity contribution in [1.29, 1.82) is 0 Å². The highest BCUT2D eigenvalue weighted by molar-refractivity contribution is 9.10. The molecule has 3 rings (SSSR count). The molecule has 0 bridgehead atoms. The molecule has 0 spiro atoms. The Balaban J connectivity index is 2.23. The fourth-order valence-electron chi connectivity index (χ4n) is 1.86. The molecule has 2 heterocycles. The Kier molecular flexibility index (Phi) is 2.87. The van der Waals surface area contributed by atoms with E-state index < -0.39 is 0 Å². The predicted molar refractivity (Wildman–Crippen MR) is 75.9 cm³/mol. The molecule has 0 amide bonds. The molecule has 0 fully saturated rings. The van der Waals surface area contributed by atoms with Crippen molar-refractivity contribution < 1.29 is 9.15 Å². The Hall–Kier alpha value is -2.08. The van der Waals surface area contributed by atoms with Crippen LogP contribution in [0.1, 0.15) is 0 Å². The van der Waals surface area contributed by atoms with Crippen LogP contribution in [-0.2, 0) is 0 Å². The van der Waals surface area contributed by atoms with Gasteiger partial charge < -0.3 is 14.9 Å². The third-order valence-corrected chi connectivity index (χ3v) is 3.18. The second kappa shape index (κ2) is 4.55. The first-order chi connectivity index (χ1) is 9.19. The third-order valence-electron chi connectivity index (χ3n) is 2.72. The van der Waals surface area contributed by atoms with Gasteiger partial charge in [0.2, 0.25) is 5.89 Å². The molecular weight excluding hydrogens is 310 g/mol. The van der Waals surface area contributed by atoms with Crippen LogP contribution in [0.15, 0.2) is 39.5 Å². The van der Waals surface area contributed by atoms with Crippen LogP contribution in [0.3, 0.4) is 0 Å². The van der Waals surface area contributed by atoms with Crippen LogP contribution in [0, 0.1) is 0 Å². The van der Waals surface area contributed by atoms with Gasteiger partial charge in [0.25, 0.3) is 0 Å². The number of pyridine rings is 1. The highest BCUT2D eigenvalue weighted by atomic mass is 79.9. The van der Waals surface area contributed by atoms with Crippen molar-refractivity contribution in [3.8, 4) is 17.2 Å². The lowest BCUT2D eigenvalue weighted by atomic mass is 10.2. The number of benzene rings is 1. The number of hydrogen-bond acceptors (Lipinski definition) is 5. The van der Waals surface area contributed by atoms with Crippen LogP contribution in [0.2, 0.25) is 0 Å². The number of aromatic nitrogens is 2. The van der Waals surface area contributed by atoms with E-state index in [-0.39, 0.29) is 0 Å². The lowest BCUT2D eigenvalue weighted by Crippen LogP contribution is -1.88. The number of rotatable bonds is 2. The van der Waals surface area contributed by atoms with Crippen molar-refractivity contribution in [3.05, 3.63) is 35.1 Å². The topological polar surface area (TPSA) is 74.2 Å². The normalized spacial score (nSPS) is 10.8.